The van der Waals surface area contributed by atoms with Crippen molar-refractivity contribution in [3.63, 3.8) is 0 Å². The summed E-state index contributed by atoms with van der Waals surface area (Å²) in [6, 6.07) is 11.8. The maximum Gasteiger partial charge on any atom is 0.416 e. The lowest BCUT2D eigenvalue weighted by molar-refractivity contribution is 0.0940. The summed E-state index contributed by atoms with van der Waals surface area (Å²) in [6.45, 7) is 1.86. The van der Waals surface area contributed by atoms with Crippen LogP contribution in [0.2, 0.25) is 10.0 Å². The normalized spacial score (nSPS) is 12.1. The second kappa shape index (κ2) is 7.40. The van der Waals surface area contributed by atoms with Gasteiger partial charge in [0.1, 0.15) is 0 Å². The van der Waals surface area contributed by atoms with Gasteiger partial charge >= 0.3 is 6.09 Å². The summed E-state index contributed by atoms with van der Waals surface area (Å²) < 4.78 is 1.19. The molecule has 2 N–H and O–H groups in total. The first kappa shape index (κ1) is 18.3. The highest BCUT2D eigenvalue weighted by Gasteiger charge is 2.16. The van der Waals surface area contributed by atoms with Crippen LogP contribution in [0.4, 0.5) is 4.79 Å². The lowest BCUT2D eigenvalue weighted by Crippen LogP contribution is -2.34. The zero-order valence-corrected chi connectivity index (χ0v) is 15.4. The number of fused-ring (bicyclic) bond motifs is 1. The quantitative estimate of drug-likeness (QED) is 0.669. The molecule has 0 saturated carbocycles. The van der Waals surface area contributed by atoms with Gasteiger partial charge in [0.2, 0.25) is 0 Å². The largest absolute Gasteiger partial charge is 0.464 e. The minimum absolute atomic E-state index is 0.204. The maximum atomic E-state index is 12.4. The second-order valence-corrected chi connectivity index (χ2v) is 6.85. The number of hydrogen-bond acceptors (Lipinski definition) is 2. The van der Waals surface area contributed by atoms with Crippen molar-refractivity contribution in [2.75, 3.05) is 0 Å². The predicted molar refractivity (Wildman–Crippen MR) is 102 cm³/mol. The molecule has 0 aliphatic heterocycles. The van der Waals surface area contributed by atoms with Gasteiger partial charge in [-0.15, -0.1) is 0 Å². The smallest absolute Gasteiger partial charge is 0.416 e. The zero-order valence-electron chi connectivity index (χ0n) is 13.9. The van der Waals surface area contributed by atoms with Crippen LogP contribution in [0.15, 0.2) is 48.7 Å². The molecule has 26 heavy (non-hydrogen) atoms. The van der Waals surface area contributed by atoms with Gasteiger partial charge in [-0.1, -0.05) is 41.4 Å². The highest BCUT2D eigenvalue weighted by Crippen LogP contribution is 2.24. The SMILES string of the molecule is C[C@H](Cc1cn(C(=O)O)c2ccccc12)NC(=O)c1ccc(Cl)c(Cl)c1. The molecule has 1 atom stereocenters. The molecule has 0 radical (unpaired) electrons. The van der Waals surface area contributed by atoms with Crippen LogP contribution in [-0.2, 0) is 6.42 Å². The first-order chi connectivity index (χ1) is 12.4. The highest BCUT2D eigenvalue weighted by molar-refractivity contribution is 6.42. The van der Waals surface area contributed by atoms with Crippen LogP contribution < -0.4 is 5.32 Å². The molecule has 0 saturated heterocycles. The molecule has 0 spiro atoms. The van der Waals surface area contributed by atoms with Crippen LogP contribution in [0.1, 0.15) is 22.8 Å². The number of nitrogens with zero attached hydrogens (tertiary/aromatic N) is 1. The Morgan fingerprint density at radius 3 is 2.58 bits per heavy atom. The van der Waals surface area contributed by atoms with Gasteiger partial charge in [-0.05, 0) is 43.2 Å². The monoisotopic (exact) mass is 390 g/mol. The van der Waals surface area contributed by atoms with Gasteiger partial charge in [0.25, 0.3) is 5.91 Å². The molecule has 134 valence electrons. The predicted octanol–water partition coefficient (Wildman–Crippen LogP) is 4.84. The van der Waals surface area contributed by atoms with Gasteiger partial charge in [0.15, 0.2) is 0 Å². The van der Waals surface area contributed by atoms with Crippen LogP contribution in [-0.4, -0.2) is 27.7 Å². The van der Waals surface area contributed by atoms with Gasteiger partial charge < -0.3 is 10.4 Å². The van der Waals surface area contributed by atoms with Crippen LogP contribution in [0, 0.1) is 0 Å². The number of aromatic nitrogens is 1. The Morgan fingerprint density at radius 1 is 1.15 bits per heavy atom. The summed E-state index contributed by atoms with van der Waals surface area (Å²) in [5.41, 5.74) is 1.89. The van der Waals surface area contributed by atoms with Crippen LogP contribution in [0.3, 0.4) is 0 Å². The van der Waals surface area contributed by atoms with Gasteiger partial charge in [-0.3, -0.25) is 9.36 Å². The third-order valence-corrected chi connectivity index (χ3v) is 4.82. The van der Waals surface area contributed by atoms with Gasteiger partial charge in [-0.25, -0.2) is 4.79 Å². The third-order valence-electron chi connectivity index (χ3n) is 4.09. The molecule has 1 heterocycles. The highest BCUT2D eigenvalue weighted by atomic mass is 35.5. The van der Waals surface area contributed by atoms with Gasteiger partial charge in [0, 0.05) is 23.2 Å². The van der Waals surface area contributed by atoms with Crippen LogP contribution >= 0.6 is 23.2 Å². The second-order valence-electron chi connectivity index (χ2n) is 6.03. The first-order valence-electron chi connectivity index (χ1n) is 7.95. The van der Waals surface area contributed by atoms with E-state index >= 15 is 0 Å². The number of carbonyl (C=O) groups excluding carboxylic acids is 1. The Bertz CT molecular complexity index is 998. The first-order valence-corrected chi connectivity index (χ1v) is 8.70. The van der Waals surface area contributed by atoms with Crippen molar-refractivity contribution in [1.82, 2.24) is 9.88 Å². The Hall–Kier alpha value is -2.50. The molecular formula is C19H16Cl2N2O3. The van der Waals surface area contributed by atoms with E-state index < -0.39 is 6.09 Å². The van der Waals surface area contributed by atoms with Crippen molar-refractivity contribution < 1.29 is 14.7 Å². The fraction of sp³-hybridized carbons (Fsp3) is 0.158. The molecule has 0 aliphatic carbocycles. The number of benzene rings is 2. The topological polar surface area (TPSA) is 71.3 Å². The lowest BCUT2D eigenvalue weighted by atomic mass is 10.1. The molecule has 5 nitrogen and oxygen atoms in total. The summed E-state index contributed by atoms with van der Waals surface area (Å²) in [5.74, 6) is -0.266. The number of nitrogens with one attached hydrogen (secondary N) is 1. The summed E-state index contributed by atoms with van der Waals surface area (Å²) >= 11 is 11.8. The van der Waals surface area contributed by atoms with Crippen molar-refractivity contribution >= 4 is 46.1 Å². The molecule has 3 rings (SSSR count). The molecular weight excluding hydrogens is 375 g/mol. The summed E-state index contributed by atoms with van der Waals surface area (Å²) in [4.78, 5) is 23.8. The van der Waals surface area contributed by atoms with Gasteiger partial charge in [-0.2, -0.15) is 0 Å². The average Bonchev–Trinajstić information content (AvgIpc) is 2.96. The van der Waals surface area contributed by atoms with Crippen LogP contribution in [0.5, 0.6) is 0 Å². The molecule has 0 unspecified atom stereocenters. The number of rotatable bonds is 4. The van der Waals surface area contributed by atoms with E-state index in [0.29, 0.717) is 27.5 Å². The molecule has 7 heteroatoms. The third kappa shape index (κ3) is 3.69. The van der Waals surface area contributed by atoms with E-state index in [1.807, 2.05) is 19.1 Å². The minimum Gasteiger partial charge on any atom is -0.464 e. The van der Waals surface area contributed by atoms with Crippen molar-refractivity contribution in [3.8, 4) is 0 Å². The molecule has 3 aromatic rings. The minimum atomic E-state index is -1.04. The fourth-order valence-corrected chi connectivity index (χ4v) is 3.19. The molecule has 0 aliphatic rings. The maximum absolute atomic E-state index is 12.4. The van der Waals surface area contributed by atoms with Gasteiger partial charge in [0.05, 0.1) is 15.6 Å². The Labute approximate surface area is 160 Å². The molecule has 1 aromatic heterocycles. The summed E-state index contributed by atoms with van der Waals surface area (Å²) in [7, 11) is 0. The fourth-order valence-electron chi connectivity index (χ4n) is 2.90. The van der Waals surface area contributed by atoms with Crippen molar-refractivity contribution in [3.05, 3.63) is 69.8 Å². The number of carbonyl (C=O) groups is 2. The van der Waals surface area contributed by atoms with E-state index in [1.54, 1.807) is 30.5 Å². The average molecular weight is 391 g/mol. The number of para-hydroxylation sites is 1. The number of amides is 1. The van der Waals surface area contributed by atoms with E-state index in [1.165, 1.54) is 10.6 Å². The molecule has 0 bridgehead atoms. The Kier molecular flexibility index (Phi) is 5.20. The van der Waals surface area contributed by atoms with E-state index in [9.17, 15) is 14.7 Å². The molecule has 2 aromatic carbocycles. The Balaban J connectivity index is 1.79. The van der Waals surface area contributed by atoms with E-state index in [2.05, 4.69) is 5.32 Å². The van der Waals surface area contributed by atoms with Crippen LogP contribution in [0.25, 0.3) is 10.9 Å². The van der Waals surface area contributed by atoms with E-state index in [0.717, 1.165) is 10.9 Å². The van der Waals surface area contributed by atoms with Crippen molar-refractivity contribution in [1.29, 1.82) is 0 Å². The zero-order chi connectivity index (χ0) is 18.8. The number of hydrogen-bond donors (Lipinski definition) is 2. The lowest BCUT2D eigenvalue weighted by Gasteiger charge is -2.14. The van der Waals surface area contributed by atoms with E-state index in [-0.39, 0.29) is 11.9 Å². The Morgan fingerprint density at radius 2 is 1.88 bits per heavy atom. The summed E-state index contributed by atoms with van der Waals surface area (Å²) in [5, 5.41) is 13.8. The number of carboxylic acid groups (broad SMARTS) is 1. The summed E-state index contributed by atoms with van der Waals surface area (Å²) in [6.07, 6.45) is 1.04. The standard InChI is InChI=1S/C19H16Cl2N2O3/c1-11(22-18(24)12-6-7-15(20)16(21)9-12)8-13-10-23(19(25)26)17-5-3-2-4-14(13)17/h2-7,9-11H,8H2,1H3,(H,22,24)(H,25,26)/t11-/m1/s1. The molecule has 0 fully saturated rings. The van der Waals surface area contributed by atoms with E-state index in [4.69, 9.17) is 23.2 Å². The molecule has 1 amide bonds. The van der Waals surface area contributed by atoms with Crippen molar-refractivity contribution in [2.24, 2.45) is 0 Å². The number of halogens is 2. The van der Waals surface area contributed by atoms with Crippen molar-refractivity contribution in [2.45, 2.75) is 19.4 Å².